The first-order chi connectivity index (χ1) is 8.65. The summed E-state index contributed by atoms with van der Waals surface area (Å²) in [6.07, 6.45) is 0.602. The third-order valence-electron chi connectivity index (χ3n) is 2.89. The van der Waals surface area contributed by atoms with E-state index in [2.05, 4.69) is 0 Å². The van der Waals surface area contributed by atoms with Gasteiger partial charge in [0.2, 0.25) is 0 Å². The molecule has 0 radical (unpaired) electrons. The van der Waals surface area contributed by atoms with Crippen molar-refractivity contribution < 1.29 is 9.13 Å². The molecule has 0 spiro atoms. The fourth-order valence-corrected chi connectivity index (χ4v) is 2.16. The Labute approximate surface area is 111 Å². The smallest absolute Gasteiger partial charge is 0.130 e. The summed E-state index contributed by atoms with van der Waals surface area (Å²) in [4.78, 5) is 0. The van der Waals surface area contributed by atoms with Gasteiger partial charge < -0.3 is 4.74 Å². The molecule has 2 aromatic carbocycles. The average Bonchev–Trinajstić information content (AvgIpc) is 2.37. The zero-order valence-corrected chi connectivity index (χ0v) is 11.1. The van der Waals surface area contributed by atoms with E-state index in [9.17, 15) is 4.39 Å². The highest BCUT2D eigenvalue weighted by atomic mass is 35.5. The van der Waals surface area contributed by atoms with Crippen molar-refractivity contribution in [3.63, 3.8) is 0 Å². The number of methoxy groups -OCH3 is 1. The Hall–Kier alpha value is -1.54. The van der Waals surface area contributed by atoms with Gasteiger partial charge in [0.25, 0.3) is 0 Å². The average molecular weight is 265 g/mol. The van der Waals surface area contributed by atoms with Crippen molar-refractivity contribution in [2.45, 2.75) is 13.3 Å². The lowest BCUT2D eigenvalue weighted by Crippen LogP contribution is -1.95. The molecule has 0 aliphatic heterocycles. The molecule has 2 aromatic rings. The molecule has 18 heavy (non-hydrogen) atoms. The SMILES string of the molecule is CCc1c(F)cc(-c2cccc(Cl)c2)cc1OC. The normalized spacial score (nSPS) is 10.4. The van der Waals surface area contributed by atoms with Crippen molar-refractivity contribution >= 4 is 11.6 Å². The molecule has 0 aliphatic carbocycles. The highest BCUT2D eigenvalue weighted by Gasteiger charge is 2.11. The van der Waals surface area contributed by atoms with E-state index in [0.29, 0.717) is 22.8 Å². The summed E-state index contributed by atoms with van der Waals surface area (Å²) in [6.45, 7) is 1.90. The van der Waals surface area contributed by atoms with Crippen molar-refractivity contribution in [1.82, 2.24) is 0 Å². The van der Waals surface area contributed by atoms with Crippen molar-refractivity contribution in [3.05, 3.63) is 52.8 Å². The Kier molecular flexibility index (Phi) is 3.87. The van der Waals surface area contributed by atoms with E-state index < -0.39 is 0 Å². The van der Waals surface area contributed by atoms with Crippen LogP contribution in [0.1, 0.15) is 12.5 Å². The second-order valence-electron chi connectivity index (χ2n) is 4.00. The van der Waals surface area contributed by atoms with Crippen molar-refractivity contribution in [2.24, 2.45) is 0 Å². The van der Waals surface area contributed by atoms with Gasteiger partial charge in [-0.25, -0.2) is 4.39 Å². The monoisotopic (exact) mass is 264 g/mol. The van der Waals surface area contributed by atoms with Gasteiger partial charge in [0.15, 0.2) is 0 Å². The molecule has 3 heteroatoms. The van der Waals surface area contributed by atoms with Crippen molar-refractivity contribution in [3.8, 4) is 16.9 Å². The Morgan fingerprint density at radius 2 is 1.94 bits per heavy atom. The summed E-state index contributed by atoms with van der Waals surface area (Å²) in [5, 5.41) is 0.631. The van der Waals surface area contributed by atoms with Gasteiger partial charge in [0, 0.05) is 10.6 Å². The molecule has 0 amide bonds. The van der Waals surface area contributed by atoms with E-state index in [1.807, 2.05) is 25.1 Å². The van der Waals surface area contributed by atoms with Crippen LogP contribution in [0.15, 0.2) is 36.4 Å². The Morgan fingerprint density at radius 3 is 2.56 bits per heavy atom. The fourth-order valence-electron chi connectivity index (χ4n) is 1.97. The minimum absolute atomic E-state index is 0.244. The van der Waals surface area contributed by atoms with Gasteiger partial charge in [-0.2, -0.15) is 0 Å². The predicted molar refractivity (Wildman–Crippen MR) is 72.8 cm³/mol. The van der Waals surface area contributed by atoms with Crippen LogP contribution >= 0.6 is 11.6 Å². The Balaban J connectivity index is 2.56. The van der Waals surface area contributed by atoms with Gasteiger partial charge in [-0.15, -0.1) is 0 Å². The molecule has 0 unspecified atom stereocenters. The molecule has 0 aliphatic rings. The van der Waals surface area contributed by atoms with Crippen LogP contribution in [0, 0.1) is 5.82 Å². The molecule has 0 aromatic heterocycles. The maximum atomic E-state index is 14.0. The second-order valence-corrected chi connectivity index (χ2v) is 4.44. The third kappa shape index (κ3) is 2.49. The quantitative estimate of drug-likeness (QED) is 0.780. The summed E-state index contributed by atoms with van der Waals surface area (Å²) < 4.78 is 19.2. The molecular formula is C15H14ClFO. The molecule has 0 bridgehead atoms. The molecule has 0 saturated heterocycles. The lowest BCUT2D eigenvalue weighted by molar-refractivity contribution is 0.405. The van der Waals surface area contributed by atoms with Gasteiger partial charge in [0.05, 0.1) is 7.11 Å². The molecule has 0 saturated carbocycles. The van der Waals surface area contributed by atoms with E-state index in [1.165, 1.54) is 6.07 Å². The maximum Gasteiger partial charge on any atom is 0.130 e. The largest absolute Gasteiger partial charge is 0.496 e. The molecular weight excluding hydrogens is 251 g/mol. The minimum atomic E-state index is -0.244. The van der Waals surface area contributed by atoms with Crippen LogP contribution in [-0.4, -0.2) is 7.11 Å². The van der Waals surface area contributed by atoms with E-state index in [0.717, 1.165) is 11.1 Å². The highest BCUT2D eigenvalue weighted by Crippen LogP contribution is 2.31. The van der Waals surface area contributed by atoms with E-state index in [1.54, 1.807) is 19.2 Å². The van der Waals surface area contributed by atoms with Crippen LogP contribution in [-0.2, 0) is 6.42 Å². The highest BCUT2D eigenvalue weighted by molar-refractivity contribution is 6.30. The molecule has 94 valence electrons. The van der Waals surface area contributed by atoms with Gasteiger partial charge >= 0.3 is 0 Å². The van der Waals surface area contributed by atoms with Crippen LogP contribution < -0.4 is 4.74 Å². The third-order valence-corrected chi connectivity index (χ3v) is 3.12. The predicted octanol–water partition coefficient (Wildman–Crippen LogP) is 4.72. The van der Waals surface area contributed by atoms with Crippen molar-refractivity contribution in [1.29, 1.82) is 0 Å². The number of ether oxygens (including phenoxy) is 1. The van der Waals surface area contributed by atoms with Crippen LogP contribution in [0.3, 0.4) is 0 Å². The molecule has 1 nitrogen and oxygen atoms in total. The number of hydrogen-bond donors (Lipinski definition) is 0. The number of halogens is 2. The lowest BCUT2D eigenvalue weighted by atomic mass is 10.0. The van der Waals surface area contributed by atoms with E-state index >= 15 is 0 Å². The zero-order valence-electron chi connectivity index (χ0n) is 10.3. The van der Waals surface area contributed by atoms with Crippen LogP contribution in [0.5, 0.6) is 5.75 Å². The zero-order chi connectivity index (χ0) is 13.1. The molecule has 0 atom stereocenters. The summed E-state index contributed by atoms with van der Waals surface area (Å²) in [5.74, 6) is 0.333. The maximum absolute atomic E-state index is 14.0. The van der Waals surface area contributed by atoms with Gasteiger partial charge in [-0.05, 0) is 41.8 Å². The Bertz CT molecular complexity index is 566. The number of hydrogen-bond acceptors (Lipinski definition) is 1. The summed E-state index contributed by atoms with van der Waals surface area (Å²) >= 11 is 5.94. The summed E-state index contributed by atoms with van der Waals surface area (Å²) in [6, 6.07) is 10.7. The first-order valence-corrected chi connectivity index (χ1v) is 6.16. The fraction of sp³-hybridized carbons (Fsp3) is 0.200. The summed E-state index contributed by atoms with van der Waals surface area (Å²) in [5.41, 5.74) is 2.25. The molecule has 0 N–H and O–H groups in total. The van der Waals surface area contributed by atoms with Crippen LogP contribution in [0.4, 0.5) is 4.39 Å². The molecule has 2 rings (SSSR count). The number of benzene rings is 2. The summed E-state index contributed by atoms with van der Waals surface area (Å²) in [7, 11) is 1.55. The van der Waals surface area contributed by atoms with E-state index in [4.69, 9.17) is 16.3 Å². The van der Waals surface area contributed by atoms with Crippen molar-refractivity contribution in [2.75, 3.05) is 7.11 Å². The lowest BCUT2D eigenvalue weighted by Gasteiger charge is -2.11. The molecule has 0 heterocycles. The topological polar surface area (TPSA) is 9.23 Å². The van der Waals surface area contributed by atoms with Gasteiger partial charge in [-0.3, -0.25) is 0 Å². The molecule has 0 fully saturated rings. The van der Waals surface area contributed by atoms with Gasteiger partial charge in [-0.1, -0.05) is 30.7 Å². The first-order valence-electron chi connectivity index (χ1n) is 5.78. The first kappa shape index (κ1) is 12.9. The van der Waals surface area contributed by atoms with E-state index in [-0.39, 0.29) is 5.82 Å². The van der Waals surface area contributed by atoms with Crippen LogP contribution in [0.2, 0.25) is 5.02 Å². The van der Waals surface area contributed by atoms with Gasteiger partial charge in [0.1, 0.15) is 11.6 Å². The standard InChI is InChI=1S/C15H14ClFO/c1-3-13-14(17)8-11(9-15(13)18-2)10-5-4-6-12(16)7-10/h4-9H,3H2,1-2H3. The Morgan fingerprint density at radius 1 is 1.17 bits per heavy atom. The number of rotatable bonds is 3. The van der Waals surface area contributed by atoms with Crippen LogP contribution in [0.25, 0.3) is 11.1 Å². The minimum Gasteiger partial charge on any atom is -0.496 e. The second kappa shape index (κ2) is 5.40.